The van der Waals surface area contributed by atoms with E-state index < -0.39 is 10.0 Å². The van der Waals surface area contributed by atoms with Gasteiger partial charge in [0.05, 0.1) is 37.5 Å². The van der Waals surface area contributed by atoms with Crippen molar-refractivity contribution in [3.63, 3.8) is 0 Å². The van der Waals surface area contributed by atoms with E-state index in [9.17, 15) is 8.42 Å². The van der Waals surface area contributed by atoms with E-state index in [0.717, 1.165) is 40.1 Å². The Hall–Kier alpha value is -1.66. The number of H-pyrrole nitrogens is 1. The summed E-state index contributed by atoms with van der Waals surface area (Å²) in [5, 5.41) is 0. The Morgan fingerprint density at radius 2 is 1.84 bits per heavy atom. The summed E-state index contributed by atoms with van der Waals surface area (Å²) < 4.78 is 36.0. The van der Waals surface area contributed by atoms with Gasteiger partial charge in [0, 0.05) is 55.1 Å². The van der Waals surface area contributed by atoms with E-state index >= 15 is 0 Å². The first-order valence-corrected chi connectivity index (χ1v) is 14.7. The highest BCUT2D eigenvalue weighted by molar-refractivity contribution is 9.10. The zero-order valence-corrected chi connectivity index (χ0v) is 25.1. The van der Waals surface area contributed by atoms with Gasteiger partial charge in [0.2, 0.25) is 10.0 Å². The second-order valence-corrected chi connectivity index (χ2v) is 12.3. The van der Waals surface area contributed by atoms with Gasteiger partial charge in [0.25, 0.3) is 0 Å². The molecule has 0 aliphatic carbocycles. The molecule has 0 unspecified atom stereocenters. The van der Waals surface area contributed by atoms with Crippen molar-refractivity contribution >= 4 is 56.5 Å². The Morgan fingerprint density at radius 3 is 2.55 bits per heavy atom. The first kappa shape index (κ1) is 30.9. The summed E-state index contributed by atoms with van der Waals surface area (Å²) >= 11 is 3.60. The molecule has 1 saturated heterocycles. The molecular formula is C26H34BrCl2N5O3S. The standard InChI is InChI=1S/C26H32BrN5O3S.2ClH/c27-23-6-7-26-22(15-23)17-32(36(33,34)13-10-30-8-11-35-12-9-30)25(14-21-4-2-1-3-5-21)19-31(26)18-24-16-28-20-29-24;;/h1-7,15-16,20,25H,8-14,17-19H2,(H,28,29);2*1H/t25-;;/m1../s1. The second-order valence-electron chi connectivity index (χ2n) is 9.39. The molecule has 3 aromatic rings. The number of sulfonamides is 1. The van der Waals surface area contributed by atoms with Gasteiger partial charge in [0.15, 0.2) is 0 Å². The molecule has 12 heteroatoms. The van der Waals surface area contributed by atoms with Crippen molar-refractivity contribution in [3.05, 3.63) is 82.3 Å². The Bertz CT molecular complexity index is 1250. The fourth-order valence-electron chi connectivity index (χ4n) is 5.02. The molecule has 0 radical (unpaired) electrons. The molecule has 2 aliphatic rings. The van der Waals surface area contributed by atoms with E-state index in [1.54, 1.807) is 10.6 Å². The number of morpholine rings is 1. The number of nitrogens with one attached hydrogen (secondary N) is 1. The number of anilines is 1. The fraction of sp³-hybridized carbons (Fsp3) is 0.423. The Morgan fingerprint density at radius 1 is 1.08 bits per heavy atom. The molecule has 1 fully saturated rings. The summed E-state index contributed by atoms with van der Waals surface area (Å²) in [6.45, 7) is 4.93. The van der Waals surface area contributed by atoms with Crippen LogP contribution >= 0.6 is 40.7 Å². The molecule has 1 atom stereocenters. The van der Waals surface area contributed by atoms with Crippen LogP contribution in [-0.2, 0) is 34.3 Å². The van der Waals surface area contributed by atoms with Crippen molar-refractivity contribution in [2.24, 2.45) is 0 Å². The minimum absolute atomic E-state index is 0. The summed E-state index contributed by atoms with van der Waals surface area (Å²) in [4.78, 5) is 11.8. The number of hydrogen-bond acceptors (Lipinski definition) is 6. The molecule has 5 rings (SSSR count). The number of aromatic nitrogens is 2. The van der Waals surface area contributed by atoms with E-state index in [1.807, 2.05) is 36.5 Å². The first-order valence-electron chi connectivity index (χ1n) is 12.3. The first-order chi connectivity index (χ1) is 17.5. The zero-order chi connectivity index (χ0) is 25.0. The van der Waals surface area contributed by atoms with Gasteiger partial charge in [-0.2, -0.15) is 4.31 Å². The lowest BCUT2D eigenvalue weighted by atomic mass is 10.1. The highest BCUT2D eigenvalue weighted by Gasteiger charge is 2.36. The van der Waals surface area contributed by atoms with Crippen molar-refractivity contribution in [3.8, 4) is 0 Å². The molecule has 0 bridgehead atoms. The highest BCUT2D eigenvalue weighted by atomic mass is 79.9. The number of ether oxygens (including phenoxy) is 1. The number of halogens is 3. The van der Waals surface area contributed by atoms with Crippen LogP contribution in [0.4, 0.5) is 5.69 Å². The van der Waals surface area contributed by atoms with Crippen molar-refractivity contribution in [1.82, 2.24) is 19.2 Å². The molecule has 0 spiro atoms. The normalized spacial score (nSPS) is 18.7. The van der Waals surface area contributed by atoms with Gasteiger partial charge < -0.3 is 14.6 Å². The monoisotopic (exact) mass is 645 g/mol. The van der Waals surface area contributed by atoms with Crippen LogP contribution in [0.15, 0.2) is 65.5 Å². The summed E-state index contributed by atoms with van der Waals surface area (Å²) in [5.41, 5.74) is 4.17. The summed E-state index contributed by atoms with van der Waals surface area (Å²) in [7, 11) is -3.53. The number of aromatic amines is 1. The number of benzene rings is 2. The number of imidazole rings is 1. The minimum Gasteiger partial charge on any atom is -0.379 e. The van der Waals surface area contributed by atoms with Gasteiger partial charge in [0.1, 0.15) is 0 Å². The average molecular weight is 647 g/mol. The van der Waals surface area contributed by atoms with Crippen molar-refractivity contribution < 1.29 is 13.2 Å². The van der Waals surface area contributed by atoms with E-state index in [2.05, 4.69) is 53.9 Å². The van der Waals surface area contributed by atoms with Crippen LogP contribution in [0.25, 0.3) is 0 Å². The highest BCUT2D eigenvalue weighted by Crippen LogP contribution is 2.33. The van der Waals surface area contributed by atoms with Gasteiger partial charge in [-0.25, -0.2) is 13.4 Å². The van der Waals surface area contributed by atoms with Crippen LogP contribution in [-0.4, -0.2) is 78.8 Å². The Balaban J connectivity index is 0.00000200. The van der Waals surface area contributed by atoms with E-state index in [4.69, 9.17) is 4.74 Å². The third-order valence-electron chi connectivity index (χ3n) is 6.90. The third kappa shape index (κ3) is 7.71. The second kappa shape index (κ2) is 14.1. The minimum atomic E-state index is -3.53. The maximum Gasteiger partial charge on any atom is 0.215 e. The summed E-state index contributed by atoms with van der Waals surface area (Å²) in [5.74, 6) is 0.0994. The number of hydrogen-bond donors (Lipinski definition) is 1. The predicted octanol–water partition coefficient (Wildman–Crippen LogP) is 4.11. The number of nitrogens with zero attached hydrogens (tertiary/aromatic N) is 4. The average Bonchev–Trinajstić information content (AvgIpc) is 3.34. The van der Waals surface area contributed by atoms with E-state index in [-0.39, 0.29) is 36.6 Å². The molecule has 38 heavy (non-hydrogen) atoms. The van der Waals surface area contributed by atoms with Gasteiger partial charge in [-0.05, 0) is 35.7 Å². The van der Waals surface area contributed by atoms with Crippen molar-refractivity contribution in [2.45, 2.75) is 25.6 Å². The molecule has 2 aliphatic heterocycles. The van der Waals surface area contributed by atoms with Crippen LogP contribution in [0, 0.1) is 0 Å². The van der Waals surface area contributed by atoms with Crippen LogP contribution in [0.5, 0.6) is 0 Å². The summed E-state index contributed by atoms with van der Waals surface area (Å²) in [6, 6.07) is 16.1. The molecule has 3 heterocycles. The molecule has 0 saturated carbocycles. The molecule has 208 valence electrons. The van der Waals surface area contributed by atoms with Crippen LogP contribution < -0.4 is 4.90 Å². The molecular weight excluding hydrogens is 613 g/mol. The van der Waals surface area contributed by atoms with Crippen LogP contribution in [0.2, 0.25) is 0 Å². The lowest BCUT2D eigenvalue weighted by molar-refractivity contribution is 0.0406. The largest absolute Gasteiger partial charge is 0.379 e. The maximum absolute atomic E-state index is 13.9. The SMILES string of the molecule is Cl.Cl.O=S(=O)(CCN1CCOCC1)N1Cc2cc(Br)ccc2N(Cc2cnc[nH]2)C[C@H]1Cc1ccccc1. The van der Waals surface area contributed by atoms with Crippen LogP contribution in [0.1, 0.15) is 16.8 Å². The molecule has 1 N–H and O–H groups in total. The van der Waals surface area contributed by atoms with Gasteiger partial charge >= 0.3 is 0 Å². The molecule has 0 amide bonds. The van der Waals surface area contributed by atoms with Gasteiger partial charge in [-0.1, -0.05) is 46.3 Å². The van der Waals surface area contributed by atoms with E-state index in [0.29, 0.717) is 45.8 Å². The summed E-state index contributed by atoms with van der Waals surface area (Å²) in [6.07, 6.45) is 4.15. The number of fused-ring (bicyclic) bond motifs is 1. The zero-order valence-electron chi connectivity index (χ0n) is 21.0. The van der Waals surface area contributed by atoms with Crippen molar-refractivity contribution in [2.75, 3.05) is 50.0 Å². The number of rotatable bonds is 8. The lowest BCUT2D eigenvalue weighted by Gasteiger charge is -2.33. The molecule has 2 aromatic carbocycles. The molecule has 1 aromatic heterocycles. The topological polar surface area (TPSA) is 81.8 Å². The fourth-order valence-corrected chi connectivity index (χ4v) is 7.08. The van der Waals surface area contributed by atoms with Crippen LogP contribution in [0.3, 0.4) is 0 Å². The van der Waals surface area contributed by atoms with Gasteiger partial charge in [-0.3, -0.25) is 4.90 Å². The lowest BCUT2D eigenvalue weighted by Crippen LogP contribution is -2.48. The molecule has 8 nitrogen and oxygen atoms in total. The maximum atomic E-state index is 13.9. The quantitative estimate of drug-likeness (QED) is 0.397. The van der Waals surface area contributed by atoms with Crippen molar-refractivity contribution in [1.29, 1.82) is 0 Å². The van der Waals surface area contributed by atoms with Gasteiger partial charge in [-0.15, -0.1) is 24.8 Å². The Kier molecular flexibility index (Phi) is 11.5. The van der Waals surface area contributed by atoms with E-state index in [1.165, 1.54) is 0 Å². The third-order valence-corrected chi connectivity index (χ3v) is 9.24. The smallest absolute Gasteiger partial charge is 0.215 e. The predicted molar refractivity (Wildman–Crippen MR) is 159 cm³/mol. The Labute approximate surface area is 245 Å².